The maximum Gasteiger partial charge on any atom is 0.182 e. The van der Waals surface area contributed by atoms with E-state index in [1.807, 2.05) is 6.07 Å². The summed E-state index contributed by atoms with van der Waals surface area (Å²) in [6.45, 7) is 0. The first-order valence-electron chi connectivity index (χ1n) is 5.02. The third-order valence-electron chi connectivity index (χ3n) is 2.32. The van der Waals surface area contributed by atoms with Gasteiger partial charge in [0.05, 0.1) is 11.3 Å². The number of anilines is 2. The zero-order chi connectivity index (χ0) is 13.1. The number of hydrogen-bond donors (Lipinski definition) is 1. The molecule has 0 aliphatic carbocycles. The van der Waals surface area contributed by atoms with Crippen LogP contribution in [0.1, 0.15) is 5.56 Å². The second kappa shape index (κ2) is 5.15. The van der Waals surface area contributed by atoms with Crippen LogP contribution in [-0.4, -0.2) is 0 Å². The molecule has 0 unspecified atom stereocenters. The van der Waals surface area contributed by atoms with Crippen molar-refractivity contribution in [1.82, 2.24) is 0 Å². The molecule has 0 spiro atoms. The smallest absolute Gasteiger partial charge is 0.182 e. The third-order valence-corrected chi connectivity index (χ3v) is 2.98. The Hall–Kier alpha value is -1.93. The van der Waals surface area contributed by atoms with Crippen molar-refractivity contribution in [2.45, 2.75) is 0 Å². The van der Waals surface area contributed by atoms with Crippen LogP contribution in [0.5, 0.6) is 0 Å². The minimum absolute atomic E-state index is 0.0478. The van der Waals surface area contributed by atoms with E-state index in [4.69, 9.17) is 5.26 Å². The highest BCUT2D eigenvalue weighted by Gasteiger charge is 2.08. The van der Waals surface area contributed by atoms with Gasteiger partial charge in [0, 0.05) is 10.2 Å². The average molecular weight is 309 g/mol. The Morgan fingerprint density at radius 3 is 2.61 bits per heavy atom. The van der Waals surface area contributed by atoms with Crippen molar-refractivity contribution in [3.8, 4) is 6.07 Å². The molecule has 90 valence electrons. The molecule has 0 atom stereocenters. The summed E-state index contributed by atoms with van der Waals surface area (Å²) in [7, 11) is 0. The van der Waals surface area contributed by atoms with Gasteiger partial charge in [-0.2, -0.15) is 5.26 Å². The van der Waals surface area contributed by atoms with Crippen molar-refractivity contribution in [2.24, 2.45) is 0 Å². The van der Waals surface area contributed by atoms with E-state index in [1.54, 1.807) is 18.2 Å². The van der Waals surface area contributed by atoms with Gasteiger partial charge in [0.1, 0.15) is 6.07 Å². The van der Waals surface area contributed by atoms with Gasteiger partial charge in [-0.05, 0) is 46.3 Å². The summed E-state index contributed by atoms with van der Waals surface area (Å²) in [4.78, 5) is 0. The Labute approximate surface area is 111 Å². The van der Waals surface area contributed by atoms with Crippen molar-refractivity contribution in [3.63, 3.8) is 0 Å². The molecule has 0 saturated carbocycles. The van der Waals surface area contributed by atoms with E-state index in [1.165, 1.54) is 12.1 Å². The molecule has 0 saturated heterocycles. The van der Waals surface area contributed by atoms with E-state index in [2.05, 4.69) is 21.2 Å². The predicted octanol–water partition coefficient (Wildman–Crippen LogP) is 4.34. The monoisotopic (exact) mass is 308 g/mol. The van der Waals surface area contributed by atoms with Crippen LogP contribution < -0.4 is 5.32 Å². The Morgan fingerprint density at radius 1 is 1.17 bits per heavy atom. The SMILES string of the molecule is N#Cc1ccc(Nc2cccc(F)c2F)cc1Br. The molecule has 0 aliphatic heterocycles. The van der Waals surface area contributed by atoms with E-state index >= 15 is 0 Å². The molecular formula is C13H7BrF2N2. The second-order valence-electron chi connectivity index (χ2n) is 3.53. The summed E-state index contributed by atoms with van der Waals surface area (Å²) in [6.07, 6.45) is 0. The third kappa shape index (κ3) is 2.49. The number of hydrogen-bond acceptors (Lipinski definition) is 2. The fraction of sp³-hybridized carbons (Fsp3) is 0. The number of halogens is 3. The first-order chi connectivity index (χ1) is 8.61. The lowest BCUT2D eigenvalue weighted by Gasteiger charge is -2.08. The number of nitrogens with zero attached hydrogens (tertiary/aromatic N) is 1. The summed E-state index contributed by atoms with van der Waals surface area (Å²) in [5.41, 5.74) is 1.08. The van der Waals surface area contributed by atoms with Crippen molar-refractivity contribution in [3.05, 3.63) is 58.1 Å². The van der Waals surface area contributed by atoms with Gasteiger partial charge in [0.15, 0.2) is 11.6 Å². The summed E-state index contributed by atoms with van der Waals surface area (Å²) in [5.74, 6) is -1.84. The second-order valence-corrected chi connectivity index (χ2v) is 4.39. The van der Waals surface area contributed by atoms with Crippen molar-refractivity contribution in [2.75, 3.05) is 5.32 Å². The fourth-order valence-corrected chi connectivity index (χ4v) is 1.91. The van der Waals surface area contributed by atoms with Crippen molar-refractivity contribution < 1.29 is 8.78 Å². The molecule has 18 heavy (non-hydrogen) atoms. The molecule has 2 nitrogen and oxygen atoms in total. The molecule has 1 N–H and O–H groups in total. The zero-order valence-corrected chi connectivity index (χ0v) is 10.6. The molecule has 0 fully saturated rings. The van der Waals surface area contributed by atoms with Gasteiger partial charge in [0.2, 0.25) is 0 Å². The highest BCUT2D eigenvalue weighted by atomic mass is 79.9. The Balaban J connectivity index is 2.32. The van der Waals surface area contributed by atoms with Gasteiger partial charge in [-0.3, -0.25) is 0 Å². The summed E-state index contributed by atoms with van der Waals surface area (Å²) >= 11 is 3.22. The molecule has 2 aromatic rings. The van der Waals surface area contributed by atoms with E-state index in [-0.39, 0.29) is 5.69 Å². The molecule has 0 amide bonds. The molecule has 0 heterocycles. The average Bonchev–Trinajstić information content (AvgIpc) is 2.35. The molecule has 2 aromatic carbocycles. The quantitative estimate of drug-likeness (QED) is 0.895. The normalized spacial score (nSPS) is 9.89. The van der Waals surface area contributed by atoms with Crippen LogP contribution in [0.2, 0.25) is 0 Å². The van der Waals surface area contributed by atoms with Gasteiger partial charge in [-0.1, -0.05) is 6.07 Å². The van der Waals surface area contributed by atoms with E-state index < -0.39 is 11.6 Å². The number of nitrogens with one attached hydrogen (secondary N) is 1. The van der Waals surface area contributed by atoms with Crippen LogP contribution in [0.25, 0.3) is 0 Å². The lowest BCUT2D eigenvalue weighted by molar-refractivity contribution is 0.512. The first kappa shape index (κ1) is 12.5. The minimum Gasteiger partial charge on any atom is -0.353 e. The summed E-state index contributed by atoms with van der Waals surface area (Å²) in [5, 5.41) is 11.5. The van der Waals surface area contributed by atoms with Gasteiger partial charge in [-0.15, -0.1) is 0 Å². The van der Waals surface area contributed by atoms with E-state index in [9.17, 15) is 8.78 Å². The molecule has 5 heteroatoms. The van der Waals surface area contributed by atoms with E-state index in [0.29, 0.717) is 15.7 Å². The van der Waals surface area contributed by atoms with Gasteiger partial charge in [-0.25, -0.2) is 8.78 Å². The van der Waals surface area contributed by atoms with Crippen LogP contribution in [-0.2, 0) is 0 Å². The van der Waals surface area contributed by atoms with Crippen LogP contribution in [0.15, 0.2) is 40.9 Å². The number of nitriles is 1. The van der Waals surface area contributed by atoms with E-state index in [0.717, 1.165) is 6.07 Å². The van der Waals surface area contributed by atoms with Crippen LogP contribution in [0.4, 0.5) is 20.2 Å². The van der Waals surface area contributed by atoms with Crippen LogP contribution in [0.3, 0.4) is 0 Å². The topological polar surface area (TPSA) is 35.8 Å². The summed E-state index contributed by atoms with van der Waals surface area (Å²) < 4.78 is 27.0. The predicted molar refractivity (Wildman–Crippen MR) is 68.5 cm³/mol. The lowest BCUT2D eigenvalue weighted by atomic mass is 10.2. The van der Waals surface area contributed by atoms with Crippen LogP contribution >= 0.6 is 15.9 Å². The lowest BCUT2D eigenvalue weighted by Crippen LogP contribution is -1.96. The zero-order valence-electron chi connectivity index (χ0n) is 9.05. The van der Waals surface area contributed by atoms with Gasteiger partial charge >= 0.3 is 0 Å². The minimum atomic E-state index is -0.932. The molecular weight excluding hydrogens is 302 g/mol. The van der Waals surface area contributed by atoms with Gasteiger partial charge in [0.25, 0.3) is 0 Å². The van der Waals surface area contributed by atoms with Crippen molar-refractivity contribution >= 4 is 27.3 Å². The van der Waals surface area contributed by atoms with Crippen molar-refractivity contribution in [1.29, 1.82) is 5.26 Å². The van der Waals surface area contributed by atoms with Crippen LogP contribution in [0, 0.1) is 23.0 Å². The highest BCUT2D eigenvalue weighted by Crippen LogP contribution is 2.25. The maximum atomic E-state index is 13.4. The highest BCUT2D eigenvalue weighted by molar-refractivity contribution is 9.10. The molecule has 0 radical (unpaired) electrons. The molecule has 0 aliphatic rings. The Bertz CT molecular complexity index is 635. The standard InChI is InChI=1S/C13H7BrF2N2/c14-10-6-9(5-4-8(10)7-17)18-12-3-1-2-11(15)13(12)16/h1-6,18H. The summed E-state index contributed by atoms with van der Waals surface area (Å²) in [6, 6.07) is 10.7. The molecule has 2 rings (SSSR count). The number of rotatable bonds is 2. The Morgan fingerprint density at radius 2 is 1.94 bits per heavy atom. The van der Waals surface area contributed by atoms with Gasteiger partial charge < -0.3 is 5.32 Å². The first-order valence-corrected chi connectivity index (χ1v) is 5.82. The fourth-order valence-electron chi connectivity index (χ4n) is 1.44. The molecule has 0 aromatic heterocycles. The Kier molecular flexibility index (Phi) is 3.58. The molecule has 0 bridgehead atoms. The largest absolute Gasteiger partial charge is 0.353 e. The maximum absolute atomic E-state index is 13.4. The number of benzene rings is 2.